The average molecular weight is 577 g/mol. The highest BCUT2D eigenvalue weighted by Crippen LogP contribution is 2.35. The van der Waals surface area contributed by atoms with Crippen LogP contribution in [0.1, 0.15) is 124 Å². The number of alkyl halides is 3. The van der Waals surface area contributed by atoms with Gasteiger partial charge in [-0.25, -0.2) is 0 Å². The molecular weight excluding hydrogens is 516 g/mol. The van der Waals surface area contributed by atoms with E-state index in [-0.39, 0.29) is 0 Å². The smallest absolute Gasteiger partial charge is 0.511 e. The van der Waals surface area contributed by atoms with Crippen molar-refractivity contribution in [2.45, 2.75) is 125 Å². The molecule has 0 spiro atoms. The van der Waals surface area contributed by atoms with E-state index < -0.39 is 24.8 Å². The van der Waals surface area contributed by atoms with Crippen molar-refractivity contribution in [3.63, 3.8) is 0 Å². The van der Waals surface area contributed by atoms with Crippen LogP contribution in [-0.4, -0.2) is 66.4 Å². The van der Waals surface area contributed by atoms with E-state index in [2.05, 4.69) is 56.0 Å². The highest BCUT2D eigenvalue weighted by molar-refractivity contribution is 6.33. The van der Waals surface area contributed by atoms with Crippen molar-refractivity contribution >= 4 is 7.32 Å². The number of hydrogen-bond acceptors (Lipinski definition) is 5. The third kappa shape index (κ3) is 24.5. The Hall–Kier alpha value is -1.29. The molecule has 0 saturated carbocycles. The summed E-state index contributed by atoms with van der Waals surface area (Å²) in [4.78, 5) is 5.27. The Morgan fingerprint density at radius 2 is 0.900 bits per heavy atom. The third-order valence-electron chi connectivity index (χ3n) is 6.39. The van der Waals surface area contributed by atoms with Gasteiger partial charge in [0.1, 0.15) is 5.75 Å². The van der Waals surface area contributed by atoms with Gasteiger partial charge in [0.25, 0.3) is 0 Å². The molecule has 236 valence electrons. The maximum absolute atomic E-state index is 12.3. The summed E-state index contributed by atoms with van der Waals surface area (Å²) in [6.45, 7) is 21.5. The number of hydrogen-bond donors (Lipinski definition) is 2. The number of unbranched alkanes of at least 4 members (excludes halogenated alkanes) is 6. The molecule has 0 amide bonds. The molecule has 0 unspecified atom stereocenters. The van der Waals surface area contributed by atoms with Crippen LogP contribution in [0.25, 0.3) is 0 Å². The molecule has 1 rings (SSSR count). The molecule has 0 fully saturated rings. The first kappa shape index (κ1) is 40.9. The van der Waals surface area contributed by atoms with Gasteiger partial charge in [-0.05, 0) is 89.9 Å². The second-order valence-corrected chi connectivity index (χ2v) is 10.2. The lowest BCUT2D eigenvalue weighted by molar-refractivity contribution is -0.138. The second-order valence-electron chi connectivity index (χ2n) is 10.2. The first-order chi connectivity index (χ1) is 19.1. The van der Waals surface area contributed by atoms with Gasteiger partial charge >= 0.3 is 13.5 Å². The molecule has 0 atom stereocenters. The van der Waals surface area contributed by atoms with Gasteiger partial charge in [-0.2, -0.15) is 13.2 Å². The molecule has 1 aromatic rings. The first-order valence-electron chi connectivity index (χ1n) is 15.7. The Morgan fingerprint density at radius 3 is 1.15 bits per heavy atom. The minimum Gasteiger partial charge on any atom is -0.511 e. The second kappa shape index (κ2) is 27.9. The Morgan fingerprint density at radius 1 is 0.600 bits per heavy atom. The molecule has 0 bridgehead atoms. The van der Waals surface area contributed by atoms with Crippen LogP contribution >= 0.6 is 0 Å². The molecule has 9 heteroatoms. The van der Waals surface area contributed by atoms with Crippen molar-refractivity contribution in [2.75, 3.05) is 39.3 Å². The number of nitrogens with zero attached hydrogens (tertiary/aromatic N) is 2. The Labute approximate surface area is 244 Å². The summed E-state index contributed by atoms with van der Waals surface area (Å²) in [7, 11) is -2.27. The lowest BCUT2D eigenvalue weighted by Gasteiger charge is -2.21. The summed E-state index contributed by atoms with van der Waals surface area (Å²) in [5, 5.41) is 16.7. The number of para-hydroxylation sites is 1. The zero-order valence-electron chi connectivity index (χ0n) is 26.4. The fourth-order valence-corrected chi connectivity index (χ4v) is 3.88. The maximum atomic E-state index is 12.3. The minimum atomic E-state index is -4.58. The van der Waals surface area contributed by atoms with E-state index in [1.807, 2.05) is 0 Å². The SMILES string of the molecule is CCCCN(CCCC)CCCC.CCCCN(CCCC)CCCC.OB(O)Oc1ccccc1C(F)(F)F. The van der Waals surface area contributed by atoms with Crippen LogP contribution in [0, 0.1) is 0 Å². The molecule has 5 nitrogen and oxygen atoms in total. The van der Waals surface area contributed by atoms with Crippen LogP contribution in [0.2, 0.25) is 0 Å². The Kier molecular flexibility index (Phi) is 28.5. The van der Waals surface area contributed by atoms with E-state index >= 15 is 0 Å². The topological polar surface area (TPSA) is 56.2 Å². The summed E-state index contributed by atoms with van der Waals surface area (Å²) < 4.78 is 40.9. The molecule has 0 aliphatic rings. The van der Waals surface area contributed by atoms with Gasteiger partial charge in [0.15, 0.2) is 0 Å². The van der Waals surface area contributed by atoms with E-state index in [1.54, 1.807) is 0 Å². The lowest BCUT2D eigenvalue weighted by atomic mass is 10.1. The standard InChI is InChI=1S/2C12H27N.C7H6BF3O3/c2*1-4-7-10-13(11-8-5-2)12-9-6-3;9-7(10,11)5-3-1-2-4-6(5)14-8(12)13/h2*4-12H2,1-3H3;1-4,12-13H. The molecule has 2 N–H and O–H groups in total. The quantitative estimate of drug-likeness (QED) is 0.153. The predicted octanol–water partition coefficient (Wildman–Crippen LogP) is 8.43. The van der Waals surface area contributed by atoms with Crippen molar-refractivity contribution < 1.29 is 27.9 Å². The van der Waals surface area contributed by atoms with Crippen molar-refractivity contribution in [1.29, 1.82) is 0 Å². The molecule has 0 saturated heterocycles. The van der Waals surface area contributed by atoms with Gasteiger partial charge in [0, 0.05) is 0 Å². The number of benzene rings is 1. The number of halogens is 3. The van der Waals surface area contributed by atoms with Crippen LogP contribution in [0.3, 0.4) is 0 Å². The minimum absolute atomic E-state index is 0.616. The average Bonchev–Trinajstić information content (AvgIpc) is 2.92. The van der Waals surface area contributed by atoms with Crippen LogP contribution in [0.5, 0.6) is 5.75 Å². The van der Waals surface area contributed by atoms with Gasteiger partial charge in [-0.15, -0.1) is 0 Å². The highest BCUT2D eigenvalue weighted by atomic mass is 19.4. The summed E-state index contributed by atoms with van der Waals surface area (Å²) in [5.74, 6) is -0.616. The largest absolute Gasteiger partial charge is 0.707 e. The van der Waals surface area contributed by atoms with Gasteiger partial charge in [-0.1, -0.05) is 92.2 Å². The maximum Gasteiger partial charge on any atom is 0.707 e. The van der Waals surface area contributed by atoms with Crippen LogP contribution in [0.4, 0.5) is 13.2 Å². The number of rotatable bonds is 20. The summed E-state index contributed by atoms with van der Waals surface area (Å²) in [6, 6.07) is 4.27. The molecule has 0 heterocycles. The van der Waals surface area contributed by atoms with Gasteiger partial charge in [-0.3, -0.25) is 0 Å². The fraction of sp³-hybridized carbons (Fsp3) is 0.806. The van der Waals surface area contributed by atoms with Crippen molar-refractivity contribution in [3.8, 4) is 5.75 Å². The van der Waals surface area contributed by atoms with Crippen molar-refractivity contribution in [3.05, 3.63) is 29.8 Å². The van der Waals surface area contributed by atoms with Crippen molar-refractivity contribution in [2.24, 2.45) is 0 Å². The van der Waals surface area contributed by atoms with E-state index in [4.69, 9.17) is 10.0 Å². The summed E-state index contributed by atoms with van der Waals surface area (Å²) in [6.07, 6.45) is 11.6. The van der Waals surface area contributed by atoms with Crippen molar-refractivity contribution in [1.82, 2.24) is 9.80 Å². The van der Waals surface area contributed by atoms with E-state index in [0.29, 0.717) is 0 Å². The van der Waals surface area contributed by atoms with Gasteiger partial charge in [0.2, 0.25) is 0 Å². The van der Waals surface area contributed by atoms with Gasteiger partial charge < -0.3 is 24.5 Å². The molecular formula is C31H60BF3N2O3. The molecule has 0 aromatic heterocycles. The van der Waals surface area contributed by atoms with E-state index in [1.165, 1.54) is 128 Å². The van der Waals surface area contributed by atoms with Gasteiger partial charge in [0.05, 0.1) is 5.56 Å². The van der Waals surface area contributed by atoms with E-state index in [0.717, 1.165) is 12.1 Å². The highest BCUT2D eigenvalue weighted by Gasteiger charge is 2.34. The fourth-order valence-electron chi connectivity index (χ4n) is 3.88. The zero-order valence-corrected chi connectivity index (χ0v) is 26.4. The van der Waals surface area contributed by atoms with Crippen LogP contribution in [0.15, 0.2) is 24.3 Å². The molecule has 1 aromatic carbocycles. The van der Waals surface area contributed by atoms with E-state index in [9.17, 15) is 13.2 Å². The first-order valence-corrected chi connectivity index (χ1v) is 15.7. The predicted molar refractivity (Wildman–Crippen MR) is 165 cm³/mol. The third-order valence-corrected chi connectivity index (χ3v) is 6.39. The monoisotopic (exact) mass is 576 g/mol. The normalized spacial score (nSPS) is 11.1. The molecule has 0 radical (unpaired) electrons. The Bertz CT molecular complexity index is 605. The zero-order chi connectivity index (χ0) is 30.7. The summed E-state index contributed by atoms with van der Waals surface area (Å²) in [5.41, 5.74) is -1.05. The van der Waals surface area contributed by atoms with Crippen LogP contribution < -0.4 is 4.65 Å². The molecule has 0 aliphatic heterocycles. The summed E-state index contributed by atoms with van der Waals surface area (Å²) >= 11 is 0. The molecule has 0 aliphatic carbocycles. The molecule has 40 heavy (non-hydrogen) atoms. The Balaban J connectivity index is 0. The van der Waals surface area contributed by atoms with Crippen LogP contribution in [-0.2, 0) is 6.18 Å². The lowest BCUT2D eigenvalue weighted by Crippen LogP contribution is -2.27.